The van der Waals surface area contributed by atoms with Crippen LogP contribution in [0.5, 0.6) is 17.2 Å². The first-order valence-electron chi connectivity index (χ1n) is 10.5. The Morgan fingerprint density at radius 3 is 1.56 bits per heavy atom. The number of hydrogen-bond donors (Lipinski definition) is 0. The monoisotopic (exact) mass is 584 g/mol. The van der Waals surface area contributed by atoms with Gasteiger partial charge < -0.3 is 14.2 Å². The Labute approximate surface area is 225 Å². The standard InChI is InChI=1S/C16H13FN2O8.C6H2F2N2O4/c1-25-15-5-9(6-16(20)26-2)3-4-13(15)27-14-7-10(17)11(18(21)22)8-12(14)19(23)24;7-3-1-4(8)6(10(13)14)2-5(3)9(11)12/h3-5,7-8H,6H2,1-2H3;1-2H. The highest BCUT2D eigenvalue weighted by Gasteiger charge is 2.27. The van der Waals surface area contributed by atoms with Crippen molar-refractivity contribution in [3.05, 3.63) is 106 Å². The van der Waals surface area contributed by atoms with Crippen molar-refractivity contribution in [1.82, 2.24) is 0 Å². The summed E-state index contributed by atoms with van der Waals surface area (Å²) < 4.78 is 54.2. The van der Waals surface area contributed by atoms with Gasteiger partial charge in [0.15, 0.2) is 11.5 Å². The van der Waals surface area contributed by atoms with E-state index in [1.807, 2.05) is 0 Å². The first-order valence-corrected chi connectivity index (χ1v) is 10.5. The molecule has 0 spiro atoms. The van der Waals surface area contributed by atoms with Crippen LogP contribution >= 0.6 is 0 Å². The summed E-state index contributed by atoms with van der Waals surface area (Å²) in [7, 11) is 2.54. The Bertz CT molecular complexity index is 1520. The van der Waals surface area contributed by atoms with Gasteiger partial charge in [0.2, 0.25) is 23.2 Å². The lowest BCUT2D eigenvalue weighted by molar-refractivity contribution is -0.397. The average Bonchev–Trinajstić information content (AvgIpc) is 2.89. The Morgan fingerprint density at radius 1 is 0.659 bits per heavy atom. The lowest BCUT2D eigenvalue weighted by Gasteiger charge is -2.12. The van der Waals surface area contributed by atoms with Crippen LogP contribution in [0, 0.1) is 57.9 Å². The fourth-order valence-corrected chi connectivity index (χ4v) is 2.97. The Hall–Kier alpha value is -5.88. The molecule has 19 heteroatoms. The number of carbonyl (C=O) groups is 1. The lowest BCUT2D eigenvalue weighted by Crippen LogP contribution is -2.05. The van der Waals surface area contributed by atoms with Crippen LogP contribution in [-0.4, -0.2) is 39.9 Å². The maximum absolute atomic E-state index is 13.8. The lowest BCUT2D eigenvalue weighted by atomic mass is 10.1. The minimum absolute atomic E-state index is 0.0116. The van der Waals surface area contributed by atoms with Crippen molar-refractivity contribution in [3.63, 3.8) is 0 Å². The highest BCUT2D eigenvalue weighted by atomic mass is 19.1. The molecule has 0 amide bonds. The van der Waals surface area contributed by atoms with Crippen molar-refractivity contribution in [2.45, 2.75) is 6.42 Å². The van der Waals surface area contributed by atoms with Crippen LogP contribution in [0.25, 0.3) is 0 Å². The number of halogens is 3. The summed E-state index contributed by atoms with van der Waals surface area (Å²) in [5.74, 6) is -5.11. The predicted octanol–water partition coefficient (Wildman–Crippen LogP) is 4.94. The van der Waals surface area contributed by atoms with E-state index in [9.17, 15) is 58.4 Å². The molecule has 3 aromatic rings. The molecule has 0 aliphatic rings. The fourth-order valence-electron chi connectivity index (χ4n) is 2.97. The van der Waals surface area contributed by atoms with Crippen molar-refractivity contribution >= 4 is 28.7 Å². The molecule has 0 radical (unpaired) electrons. The molecule has 0 aromatic heterocycles. The Morgan fingerprint density at radius 2 is 1.12 bits per heavy atom. The van der Waals surface area contributed by atoms with Crippen molar-refractivity contribution in [2.24, 2.45) is 0 Å². The smallest absolute Gasteiger partial charge is 0.318 e. The van der Waals surface area contributed by atoms with Crippen LogP contribution < -0.4 is 9.47 Å². The summed E-state index contributed by atoms with van der Waals surface area (Å²) in [6.07, 6.45) is -0.0422. The molecular weight excluding hydrogens is 569 g/mol. The number of rotatable bonds is 9. The molecule has 0 bridgehead atoms. The zero-order chi connectivity index (χ0) is 31.0. The van der Waals surface area contributed by atoms with Crippen LogP contribution in [0.3, 0.4) is 0 Å². The minimum atomic E-state index is -1.45. The number of methoxy groups -OCH3 is 2. The van der Waals surface area contributed by atoms with Gasteiger partial charge in [-0.3, -0.25) is 45.3 Å². The number of nitro benzene ring substituents is 4. The van der Waals surface area contributed by atoms with E-state index in [-0.39, 0.29) is 30.1 Å². The molecule has 0 aliphatic heterocycles. The van der Waals surface area contributed by atoms with Gasteiger partial charge >= 0.3 is 28.7 Å². The SMILES string of the molecule is COC(=O)Cc1ccc(Oc2cc(F)c([N+](=O)[O-])cc2[N+](=O)[O-])c(OC)c1.O=[N+]([O-])c1cc([N+](=O)[O-])c(F)cc1F. The van der Waals surface area contributed by atoms with Crippen molar-refractivity contribution in [3.8, 4) is 17.2 Å². The van der Waals surface area contributed by atoms with E-state index in [4.69, 9.17) is 9.47 Å². The Kier molecular flexibility index (Phi) is 10.1. The number of benzene rings is 3. The van der Waals surface area contributed by atoms with Gasteiger partial charge in [-0.2, -0.15) is 13.2 Å². The molecule has 0 heterocycles. The molecule has 0 saturated carbocycles. The normalized spacial score (nSPS) is 10.1. The molecule has 3 rings (SSSR count). The quantitative estimate of drug-likeness (QED) is 0.185. The van der Waals surface area contributed by atoms with Gasteiger partial charge in [0.1, 0.15) is 12.1 Å². The second-order valence-electron chi connectivity index (χ2n) is 7.39. The molecule has 0 atom stereocenters. The molecule has 0 aliphatic carbocycles. The number of hydrogen-bond acceptors (Lipinski definition) is 12. The van der Waals surface area contributed by atoms with Gasteiger partial charge in [-0.05, 0) is 17.7 Å². The average molecular weight is 584 g/mol. The van der Waals surface area contributed by atoms with E-state index in [2.05, 4.69) is 4.74 Å². The third-order valence-electron chi connectivity index (χ3n) is 4.86. The topological polar surface area (TPSA) is 217 Å². The van der Waals surface area contributed by atoms with E-state index >= 15 is 0 Å². The second-order valence-corrected chi connectivity index (χ2v) is 7.39. The van der Waals surface area contributed by atoms with E-state index < -0.39 is 71.6 Å². The fraction of sp³-hybridized carbons (Fsp3) is 0.136. The number of nitrogens with zero attached hydrogens (tertiary/aromatic N) is 4. The van der Waals surface area contributed by atoms with Gasteiger partial charge in [-0.1, -0.05) is 6.07 Å². The third kappa shape index (κ3) is 7.81. The highest BCUT2D eigenvalue weighted by Crippen LogP contribution is 2.39. The maximum Gasteiger partial charge on any atom is 0.318 e. The van der Waals surface area contributed by atoms with E-state index in [1.54, 1.807) is 0 Å². The summed E-state index contributed by atoms with van der Waals surface area (Å²) >= 11 is 0. The zero-order valence-electron chi connectivity index (χ0n) is 20.6. The summed E-state index contributed by atoms with van der Waals surface area (Å²) in [6, 6.07) is 5.67. The molecule has 16 nitrogen and oxygen atoms in total. The first kappa shape index (κ1) is 31.3. The number of carbonyl (C=O) groups excluding carboxylic acids is 1. The molecule has 41 heavy (non-hydrogen) atoms. The molecule has 0 N–H and O–H groups in total. The Balaban J connectivity index is 0.000000353. The van der Waals surface area contributed by atoms with Crippen molar-refractivity contribution in [2.75, 3.05) is 14.2 Å². The summed E-state index contributed by atoms with van der Waals surface area (Å²) in [5.41, 5.74) is -3.56. The third-order valence-corrected chi connectivity index (χ3v) is 4.86. The van der Waals surface area contributed by atoms with Gasteiger partial charge in [0, 0.05) is 12.1 Å². The molecule has 0 fully saturated rings. The van der Waals surface area contributed by atoms with E-state index in [0.29, 0.717) is 17.7 Å². The first-order chi connectivity index (χ1) is 19.2. The van der Waals surface area contributed by atoms with Crippen molar-refractivity contribution in [1.29, 1.82) is 0 Å². The van der Waals surface area contributed by atoms with Crippen LogP contribution in [-0.2, 0) is 16.0 Å². The van der Waals surface area contributed by atoms with Gasteiger partial charge in [0.25, 0.3) is 0 Å². The largest absolute Gasteiger partial charge is 0.493 e. The molecule has 3 aromatic carbocycles. The van der Waals surface area contributed by atoms with Gasteiger partial charge in [-0.15, -0.1) is 0 Å². The summed E-state index contributed by atoms with van der Waals surface area (Å²) in [4.78, 5) is 49.2. The van der Waals surface area contributed by atoms with Gasteiger partial charge in [0.05, 0.1) is 40.3 Å². The summed E-state index contributed by atoms with van der Waals surface area (Å²) in [6.45, 7) is 0. The van der Waals surface area contributed by atoms with E-state index in [0.717, 1.165) is 0 Å². The number of esters is 1. The molecular formula is C22H15F3N4O12. The van der Waals surface area contributed by atoms with Crippen LogP contribution in [0.15, 0.2) is 42.5 Å². The van der Waals surface area contributed by atoms with Crippen LogP contribution in [0.1, 0.15) is 5.56 Å². The van der Waals surface area contributed by atoms with Crippen LogP contribution in [0.2, 0.25) is 0 Å². The number of nitro groups is 4. The molecule has 0 unspecified atom stereocenters. The molecule has 216 valence electrons. The van der Waals surface area contributed by atoms with Crippen LogP contribution in [0.4, 0.5) is 35.9 Å². The van der Waals surface area contributed by atoms with Gasteiger partial charge in [-0.25, -0.2) is 0 Å². The van der Waals surface area contributed by atoms with E-state index in [1.165, 1.54) is 32.4 Å². The minimum Gasteiger partial charge on any atom is -0.493 e. The zero-order valence-corrected chi connectivity index (χ0v) is 20.6. The molecule has 0 saturated heterocycles. The second kappa shape index (κ2) is 13.3. The predicted molar refractivity (Wildman–Crippen MR) is 128 cm³/mol. The maximum atomic E-state index is 13.8. The summed E-state index contributed by atoms with van der Waals surface area (Å²) in [5, 5.41) is 42.2. The van der Waals surface area contributed by atoms with Crippen molar-refractivity contribution < 1.29 is 51.9 Å². The number of ether oxygens (including phenoxy) is 3. The highest BCUT2D eigenvalue weighted by molar-refractivity contribution is 5.72.